The van der Waals surface area contributed by atoms with Crippen molar-refractivity contribution in [3.05, 3.63) is 29.1 Å². The molecule has 0 saturated carbocycles. The van der Waals surface area contributed by atoms with Crippen LogP contribution in [-0.4, -0.2) is 39.1 Å². The van der Waals surface area contributed by atoms with Crippen molar-refractivity contribution in [2.24, 2.45) is 16.3 Å². The predicted molar refractivity (Wildman–Crippen MR) is 107 cm³/mol. The third-order valence-electron chi connectivity index (χ3n) is 5.25. The number of halogens is 1. The molecular weight excluding hydrogens is 361 g/mol. The van der Waals surface area contributed by atoms with E-state index in [1.54, 1.807) is 7.05 Å². The molecule has 2 heterocycles. The van der Waals surface area contributed by atoms with Gasteiger partial charge in [0.2, 0.25) is 0 Å². The number of hydrogen-bond acceptors (Lipinski definition) is 4. The van der Waals surface area contributed by atoms with E-state index in [1.165, 1.54) is 12.1 Å². The summed E-state index contributed by atoms with van der Waals surface area (Å²) in [6.45, 7) is 9.26. The lowest BCUT2D eigenvalue weighted by atomic mass is 9.78. The van der Waals surface area contributed by atoms with Crippen LogP contribution in [0.25, 0.3) is 0 Å². The van der Waals surface area contributed by atoms with Crippen LogP contribution in [0.3, 0.4) is 0 Å². The monoisotopic (exact) mass is 393 g/mol. The van der Waals surface area contributed by atoms with Gasteiger partial charge in [-0.25, -0.2) is 4.39 Å². The zero-order chi connectivity index (χ0) is 20.1. The Morgan fingerprint density at radius 2 is 2.11 bits per heavy atom. The third kappa shape index (κ3) is 5.14. The molecule has 0 bridgehead atoms. The van der Waals surface area contributed by atoms with Gasteiger partial charge in [0.05, 0.1) is 12.7 Å². The highest BCUT2D eigenvalue weighted by Gasteiger charge is 2.35. The van der Waals surface area contributed by atoms with Gasteiger partial charge in [0.15, 0.2) is 12.8 Å². The maximum absolute atomic E-state index is 13.9. The number of benzene rings is 1. The van der Waals surface area contributed by atoms with Crippen molar-refractivity contribution in [1.29, 1.82) is 0 Å². The Hall–Kier alpha value is -1.86. The largest absolute Gasteiger partial charge is 0.467 e. The quantitative estimate of drug-likeness (QED) is 0.608. The fraction of sp³-hybridized carbons (Fsp3) is 0.667. The molecular formula is C21H32FN3O3. The smallest absolute Gasteiger partial charge is 0.191 e. The molecule has 1 saturated heterocycles. The van der Waals surface area contributed by atoms with Crippen molar-refractivity contribution < 1.29 is 18.6 Å². The van der Waals surface area contributed by atoms with Crippen LogP contribution in [0.2, 0.25) is 0 Å². The number of guanidine groups is 1. The number of nitrogens with one attached hydrogen (secondary N) is 2. The molecule has 2 aliphatic rings. The van der Waals surface area contributed by atoms with Crippen LogP contribution >= 0.6 is 0 Å². The highest BCUT2D eigenvalue weighted by Crippen LogP contribution is 2.33. The van der Waals surface area contributed by atoms with Crippen molar-refractivity contribution >= 4 is 5.96 Å². The van der Waals surface area contributed by atoms with Crippen molar-refractivity contribution in [3.63, 3.8) is 0 Å². The fourth-order valence-corrected chi connectivity index (χ4v) is 4.02. The minimum atomic E-state index is -0.292. The maximum atomic E-state index is 13.9. The van der Waals surface area contributed by atoms with Crippen molar-refractivity contribution in [2.45, 2.75) is 52.9 Å². The summed E-state index contributed by atoms with van der Waals surface area (Å²) >= 11 is 0. The number of fused-ring (bicyclic) bond motifs is 1. The number of aliphatic imine (C=N–C) groups is 1. The van der Waals surface area contributed by atoms with Crippen LogP contribution in [-0.2, 0) is 22.6 Å². The van der Waals surface area contributed by atoms with Gasteiger partial charge >= 0.3 is 0 Å². The van der Waals surface area contributed by atoms with Crippen LogP contribution in [0.1, 0.15) is 44.7 Å². The second-order valence-corrected chi connectivity index (χ2v) is 8.53. The summed E-state index contributed by atoms with van der Waals surface area (Å²) in [6, 6.07) is 2.95. The van der Waals surface area contributed by atoms with E-state index in [0.717, 1.165) is 37.1 Å². The lowest BCUT2D eigenvalue weighted by Crippen LogP contribution is -2.47. The summed E-state index contributed by atoms with van der Waals surface area (Å²) in [5.41, 5.74) is 1.59. The van der Waals surface area contributed by atoms with Crippen LogP contribution in [0.15, 0.2) is 17.1 Å². The normalized spacial score (nSPS) is 23.0. The van der Waals surface area contributed by atoms with E-state index in [4.69, 9.17) is 14.2 Å². The lowest BCUT2D eigenvalue weighted by Gasteiger charge is -2.40. The van der Waals surface area contributed by atoms with Crippen LogP contribution in [0.4, 0.5) is 4.39 Å². The lowest BCUT2D eigenvalue weighted by molar-refractivity contribution is -0.0835. The van der Waals surface area contributed by atoms with Gasteiger partial charge in [0, 0.05) is 43.8 Å². The van der Waals surface area contributed by atoms with Crippen LogP contribution in [0.5, 0.6) is 5.75 Å². The Kier molecular flexibility index (Phi) is 6.78. The van der Waals surface area contributed by atoms with Gasteiger partial charge in [-0.15, -0.1) is 0 Å². The molecule has 0 amide bonds. The molecule has 0 aliphatic carbocycles. The Bertz CT molecular complexity index is 703. The first-order valence-corrected chi connectivity index (χ1v) is 9.96. The first-order chi connectivity index (χ1) is 13.4. The van der Waals surface area contributed by atoms with Crippen molar-refractivity contribution in [2.75, 3.05) is 27.0 Å². The van der Waals surface area contributed by atoms with E-state index in [-0.39, 0.29) is 24.1 Å². The molecule has 0 spiro atoms. The summed E-state index contributed by atoms with van der Waals surface area (Å²) in [5.74, 6) is 1.52. The zero-order valence-corrected chi connectivity index (χ0v) is 17.3. The first-order valence-electron chi connectivity index (χ1n) is 9.96. The topological polar surface area (TPSA) is 64.1 Å². The molecule has 0 radical (unpaired) electrons. The molecule has 7 heteroatoms. The zero-order valence-electron chi connectivity index (χ0n) is 17.3. The molecule has 1 fully saturated rings. The average Bonchev–Trinajstić information content (AvgIpc) is 2.67. The number of rotatable bonds is 4. The van der Waals surface area contributed by atoms with E-state index < -0.39 is 0 Å². The standard InChI is InChI=1S/C21H32FN3O3/c1-21(2,3)19-14(6-5-7-27-19)10-24-20(23-4)25-11-15-8-17(22)9-16-12-26-13-28-18(15)16/h8-9,14,19H,5-7,10-13H2,1-4H3,(H2,23,24,25). The Morgan fingerprint density at radius 3 is 2.86 bits per heavy atom. The minimum Gasteiger partial charge on any atom is -0.467 e. The number of hydrogen-bond donors (Lipinski definition) is 2. The van der Waals surface area contributed by atoms with Crippen LogP contribution in [0, 0.1) is 17.2 Å². The summed E-state index contributed by atoms with van der Waals surface area (Å²) in [6.07, 6.45) is 2.44. The Labute approximate surface area is 166 Å². The van der Waals surface area contributed by atoms with E-state index >= 15 is 0 Å². The maximum Gasteiger partial charge on any atom is 0.191 e. The highest BCUT2D eigenvalue weighted by molar-refractivity contribution is 5.79. The van der Waals surface area contributed by atoms with E-state index in [2.05, 4.69) is 36.4 Å². The van der Waals surface area contributed by atoms with Gasteiger partial charge in [-0.2, -0.15) is 0 Å². The summed E-state index contributed by atoms with van der Waals surface area (Å²) in [4.78, 5) is 4.30. The number of nitrogens with zero attached hydrogens (tertiary/aromatic N) is 1. The predicted octanol–water partition coefficient (Wildman–Crippen LogP) is 3.20. The molecule has 2 unspecified atom stereocenters. The molecule has 0 aromatic heterocycles. The molecule has 2 atom stereocenters. The third-order valence-corrected chi connectivity index (χ3v) is 5.25. The summed E-state index contributed by atoms with van der Waals surface area (Å²) in [5, 5.41) is 6.67. The summed E-state index contributed by atoms with van der Waals surface area (Å²) < 4.78 is 30.8. The van der Waals surface area contributed by atoms with Gasteiger partial charge in [0.25, 0.3) is 0 Å². The molecule has 3 rings (SSSR count). The van der Waals surface area contributed by atoms with Crippen molar-refractivity contribution in [1.82, 2.24) is 10.6 Å². The van der Waals surface area contributed by atoms with Crippen LogP contribution < -0.4 is 15.4 Å². The van der Waals surface area contributed by atoms with Gasteiger partial charge in [-0.3, -0.25) is 4.99 Å². The van der Waals surface area contributed by atoms with Gasteiger partial charge in [-0.05, 0) is 30.4 Å². The second kappa shape index (κ2) is 9.09. The number of ether oxygens (including phenoxy) is 3. The molecule has 2 aliphatic heterocycles. The second-order valence-electron chi connectivity index (χ2n) is 8.53. The van der Waals surface area contributed by atoms with E-state index in [0.29, 0.717) is 30.8 Å². The van der Waals surface area contributed by atoms with Crippen molar-refractivity contribution in [3.8, 4) is 5.75 Å². The molecule has 2 N–H and O–H groups in total. The fourth-order valence-electron chi connectivity index (χ4n) is 4.02. The molecule has 1 aromatic rings. The van der Waals surface area contributed by atoms with E-state index in [1.807, 2.05) is 0 Å². The molecule has 156 valence electrons. The van der Waals surface area contributed by atoms with Gasteiger partial charge in [0.1, 0.15) is 11.6 Å². The SMILES string of the molecule is CN=C(NCc1cc(F)cc2c1OCOC2)NCC1CCCOC1C(C)(C)C. The van der Waals surface area contributed by atoms with E-state index in [9.17, 15) is 4.39 Å². The molecule has 1 aromatic carbocycles. The average molecular weight is 394 g/mol. The van der Waals surface area contributed by atoms with Gasteiger partial charge < -0.3 is 24.8 Å². The Morgan fingerprint density at radius 1 is 1.29 bits per heavy atom. The molecule has 28 heavy (non-hydrogen) atoms. The van der Waals surface area contributed by atoms with Gasteiger partial charge in [-0.1, -0.05) is 20.8 Å². The Balaban J connectivity index is 1.59. The minimum absolute atomic E-state index is 0.101. The highest BCUT2D eigenvalue weighted by atomic mass is 19.1. The molecule has 6 nitrogen and oxygen atoms in total. The summed E-state index contributed by atoms with van der Waals surface area (Å²) in [7, 11) is 1.74. The first kappa shape index (κ1) is 20.9.